The zero-order chi connectivity index (χ0) is 19.6. The van der Waals surface area contributed by atoms with Gasteiger partial charge in [0.15, 0.2) is 0 Å². The molecular formula is C21H21NO5. The molecule has 0 saturated carbocycles. The summed E-state index contributed by atoms with van der Waals surface area (Å²) in [5, 5.41) is 11.8. The molecule has 2 aromatic rings. The van der Waals surface area contributed by atoms with Gasteiger partial charge in [0.1, 0.15) is 11.5 Å². The molecule has 2 N–H and O–H groups in total. The average Bonchev–Trinajstić information content (AvgIpc) is 2.78. The van der Waals surface area contributed by atoms with Gasteiger partial charge in [-0.15, -0.1) is 0 Å². The molecule has 1 heterocycles. The third-order valence-electron chi connectivity index (χ3n) is 4.25. The SMILES string of the molecule is COc1ccc2c(c1)C(C(=O)Nc1ccc(C(=O)O)cc1)=CC(C)(C)CO2. The summed E-state index contributed by atoms with van der Waals surface area (Å²) < 4.78 is 11.2. The first kappa shape index (κ1) is 18.5. The van der Waals surface area contributed by atoms with Gasteiger partial charge < -0.3 is 19.9 Å². The van der Waals surface area contributed by atoms with E-state index in [1.807, 2.05) is 19.9 Å². The molecule has 0 unspecified atom stereocenters. The maximum atomic E-state index is 13.0. The Hall–Kier alpha value is -3.28. The van der Waals surface area contributed by atoms with Crippen molar-refractivity contribution in [3.8, 4) is 11.5 Å². The lowest BCUT2D eigenvalue weighted by Crippen LogP contribution is -2.19. The summed E-state index contributed by atoms with van der Waals surface area (Å²) in [7, 11) is 1.57. The number of anilines is 1. The molecule has 1 amide bonds. The van der Waals surface area contributed by atoms with Gasteiger partial charge in [-0.05, 0) is 42.5 Å². The lowest BCUT2D eigenvalue weighted by molar-refractivity contribution is -0.111. The zero-order valence-electron chi connectivity index (χ0n) is 15.4. The molecule has 27 heavy (non-hydrogen) atoms. The Balaban J connectivity index is 1.96. The van der Waals surface area contributed by atoms with E-state index in [-0.39, 0.29) is 16.9 Å². The number of benzene rings is 2. The number of aromatic carboxylic acids is 1. The number of carbonyl (C=O) groups excluding carboxylic acids is 1. The number of amides is 1. The van der Waals surface area contributed by atoms with Crippen molar-refractivity contribution in [2.75, 3.05) is 19.0 Å². The molecular weight excluding hydrogens is 346 g/mol. The minimum absolute atomic E-state index is 0.159. The molecule has 0 radical (unpaired) electrons. The second-order valence-corrected chi connectivity index (χ2v) is 7.03. The van der Waals surface area contributed by atoms with Crippen LogP contribution in [0.2, 0.25) is 0 Å². The van der Waals surface area contributed by atoms with Crippen LogP contribution >= 0.6 is 0 Å². The predicted molar refractivity (Wildman–Crippen MR) is 102 cm³/mol. The van der Waals surface area contributed by atoms with Crippen molar-refractivity contribution >= 4 is 23.1 Å². The largest absolute Gasteiger partial charge is 0.497 e. The first-order chi connectivity index (χ1) is 12.8. The summed E-state index contributed by atoms with van der Waals surface area (Å²) in [5.74, 6) is -0.0732. The normalized spacial score (nSPS) is 14.9. The lowest BCUT2D eigenvalue weighted by Gasteiger charge is -2.18. The van der Waals surface area contributed by atoms with Gasteiger partial charge in [0.2, 0.25) is 0 Å². The van der Waals surface area contributed by atoms with E-state index in [1.54, 1.807) is 37.4 Å². The Kier molecular flexibility index (Phi) is 4.90. The molecule has 0 atom stereocenters. The van der Waals surface area contributed by atoms with Crippen LogP contribution in [0, 0.1) is 5.41 Å². The second kappa shape index (κ2) is 7.15. The first-order valence-corrected chi connectivity index (χ1v) is 8.48. The third kappa shape index (κ3) is 4.11. The summed E-state index contributed by atoms with van der Waals surface area (Å²) in [6.07, 6.45) is 1.89. The van der Waals surface area contributed by atoms with Gasteiger partial charge in [0.25, 0.3) is 5.91 Å². The van der Waals surface area contributed by atoms with Gasteiger partial charge in [-0.1, -0.05) is 19.9 Å². The summed E-state index contributed by atoms with van der Waals surface area (Å²) >= 11 is 0. The first-order valence-electron chi connectivity index (χ1n) is 8.48. The van der Waals surface area contributed by atoms with Crippen LogP contribution < -0.4 is 14.8 Å². The highest BCUT2D eigenvalue weighted by Gasteiger charge is 2.27. The maximum Gasteiger partial charge on any atom is 0.335 e. The van der Waals surface area contributed by atoms with Gasteiger partial charge in [-0.3, -0.25) is 4.79 Å². The predicted octanol–water partition coefficient (Wildman–Crippen LogP) is 3.83. The van der Waals surface area contributed by atoms with Crippen LogP contribution in [0.1, 0.15) is 29.8 Å². The molecule has 0 fully saturated rings. The highest BCUT2D eigenvalue weighted by molar-refractivity contribution is 6.26. The summed E-state index contributed by atoms with van der Waals surface area (Å²) in [4.78, 5) is 24.0. The van der Waals surface area contributed by atoms with Crippen molar-refractivity contribution in [1.82, 2.24) is 0 Å². The van der Waals surface area contributed by atoms with E-state index in [0.29, 0.717) is 34.9 Å². The smallest absolute Gasteiger partial charge is 0.335 e. The van der Waals surface area contributed by atoms with Gasteiger partial charge in [-0.25, -0.2) is 4.79 Å². The number of ether oxygens (including phenoxy) is 2. The second-order valence-electron chi connectivity index (χ2n) is 7.03. The number of carboxylic acid groups (broad SMARTS) is 1. The molecule has 2 aromatic carbocycles. The summed E-state index contributed by atoms with van der Waals surface area (Å²) in [6, 6.07) is 11.4. The molecule has 0 saturated heterocycles. The minimum atomic E-state index is -1.01. The monoisotopic (exact) mass is 367 g/mol. The number of fused-ring (bicyclic) bond motifs is 1. The Labute approximate surface area is 157 Å². The van der Waals surface area contributed by atoms with Gasteiger partial charge >= 0.3 is 5.97 Å². The molecule has 0 aliphatic carbocycles. The summed E-state index contributed by atoms with van der Waals surface area (Å²) in [5.41, 5.74) is 1.46. The number of hydrogen-bond acceptors (Lipinski definition) is 4. The van der Waals surface area contributed by atoms with Crippen LogP contribution in [0.15, 0.2) is 48.5 Å². The third-order valence-corrected chi connectivity index (χ3v) is 4.25. The van der Waals surface area contributed by atoms with Crippen LogP contribution in [0.4, 0.5) is 5.69 Å². The fourth-order valence-electron chi connectivity index (χ4n) is 2.83. The van der Waals surface area contributed by atoms with Gasteiger partial charge in [0.05, 0.1) is 19.3 Å². The summed E-state index contributed by atoms with van der Waals surface area (Å²) in [6.45, 7) is 4.42. The van der Waals surface area contributed by atoms with Crippen molar-refractivity contribution in [2.24, 2.45) is 5.41 Å². The van der Waals surface area contributed by atoms with E-state index < -0.39 is 5.97 Å². The lowest BCUT2D eigenvalue weighted by atomic mass is 9.90. The molecule has 3 rings (SSSR count). The number of methoxy groups -OCH3 is 1. The van der Waals surface area contributed by atoms with Crippen LogP contribution in [-0.4, -0.2) is 30.7 Å². The fraction of sp³-hybridized carbons (Fsp3) is 0.238. The van der Waals surface area contributed by atoms with Crippen LogP contribution in [-0.2, 0) is 4.79 Å². The van der Waals surface area contributed by atoms with Crippen LogP contribution in [0.25, 0.3) is 5.57 Å². The number of carboxylic acids is 1. The van der Waals surface area contributed by atoms with Gasteiger partial charge in [-0.2, -0.15) is 0 Å². The molecule has 0 spiro atoms. The molecule has 0 aromatic heterocycles. The molecule has 140 valence electrons. The Morgan fingerprint density at radius 2 is 1.85 bits per heavy atom. The number of rotatable bonds is 4. The van der Waals surface area contributed by atoms with E-state index in [1.165, 1.54) is 12.1 Å². The van der Waals surface area contributed by atoms with E-state index >= 15 is 0 Å². The fourth-order valence-corrected chi connectivity index (χ4v) is 2.83. The van der Waals surface area contributed by atoms with Crippen molar-refractivity contribution < 1.29 is 24.2 Å². The van der Waals surface area contributed by atoms with Gasteiger partial charge in [0, 0.05) is 22.2 Å². The quantitative estimate of drug-likeness (QED) is 0.858. The maximum absolute atomic E-state index is 13.0. The number of carbonyl (C=O) groups is 2. The molecule has 1 aliphatic heterocycles. The van der Waals surface area contributed by atoms with E-state index in [4.69, 9.17) is 14.6 Å². The Bertz CT molecular complexity index is 913. The topological polar surface area (TPSA) is 84.9 Å². The van der Waals surface area contributed by atoms with Crippen molar-refractivity contribution in [3.05, 3.63) is 59.7 Å². The molecule has 6 heteroatoms. The van der Waals surface area contributed by atoms with Crippen molar-refractivity contribution in [1.29, 1.82) is 0 Å². The zero-order valence-corrected chi connectivity index (χ0v) is 15.4. The molecule has 6 nitrogen and oxygen atoms in total. The standard InChI is InChI=1S/C21H21NO5/c1-21(2)11-17(16-10-15(26-3)8-9-18(16)27-12-21)19(23)22-14-6-4-13(5-7-14)20(24)25/h4-11H,12H2,1-3H3,(H,22,23)(H,24,25). The highest BCUT2D eigenvalue weighted by atomic mass is 16.5. The molecule has 1 aliphatic rings. The van der Waals surface area contributed by atoms with Crippen molar-refractivity contribution in [2.45, 2.75) is 13.8 Å². The Morgan fingerprint density at radius 3 is 2.48 bits per heavy atom. The van der Waals surface area contributed by atoms with E-state index in [2.05, 4.69) is 5.32 Å². The number of hydrogen-bond donors (Lipinski definition) is 2. The molecule has 0 bridgehead atoms. The van der Waals surface area contributed by atoms with Crippen LogP contribution in [0.3, 0.4) is 0 Å². The Morgan fingerprint density at radius 1 is 1.15 bits per heavy atom. The highest BCUT2D eigenvalue weighted by Crippen LogP contribution is 2.37. The average molecular weight is 367 g/mol. The number of nitrogens with one attached hydrogen (secondary N) is 1. The van der Waals surface area contributed by atoms with Crippen LogP contribution in [0.5, 0.6) is 11.5 Å². The van der Waals surface area contributed by atoms with E-state index in [9.17, 15) is 9.59 Å². The van der Waals surface area contributed by atoms with E-state index in [0.717, 1.165) is 0 Å². The van der Waals surface area contributed by atoms with Crippen molar-refractivity contribution in [3.63, 3.8) is 0 Å². The minimum Gasteiger partial charge on any atom is -0.497 e.